The van der Waals surface area contributed by atoms with Crippen LogP contribution in [0.3, 0.4) is 0 Å². The van der Waals surface area contributed by atoms with Gasteiger partial charge in [-0.3, -0.25) is 9.69 Å². The Morgan fingerprint density at radius 3 is 2.73 bits per heavy atom. The number of Topliss-reactive ketones (excluding diaryl/α,β-unsaturated/α-hetero) is 1. The molecule has 0 saturated carbocycles. The van der Waals surface area contributed by atoms with E-state index in [0.29, 0.717) is 23.5 Å². The van der Waals surface area contributed by atoms with Gasteiger partial charge in [0.25, 0.3) is 0 Å². The Labute approximate surface area is 152 Å². The number of nitrogens with zero attached hydrogens (tertiary/aromatic N) is 1. The van der Waals surface area contributed by atoms with E-state index in [2.05, 4.69) is 39.1 Å². The highest BCUT2D eigenvalue weighted by molar-refractivity contribution is 6.00. The molecule has 2 aromatic carbocycles. The van der Waals surface area contributed by atoms with E-state index in [9.17, 15) is 9.59 Å². The van der Waals surface area contributed by atoms with Gasteiger partial charge in [-0.2, -0.15) is 0 Å². The van der Waals surface area contributed by atoms with Crippen LogP contribution in [0.4, 0.5) is 0 Å². The minimum Gasteiger partial charge on any atom is -0.306 e. The third kappa shape index (κ3) is 3.78. The number of hydrogen-bond acceptors (Lipinski definition) is 3. The van der Waals surface area contributed by atoms with Crippen LogP contribution >= 0.6 is 0 Å². The number of nitrogens with one attached hydrogen (secondary N) is 2. The molecule has 0 aliphatic carbocycles. The Bertz CT molecular complexity index is 958. The molecule has 26 heavy (non-hydrogen) atoms. The summed E-state index contributed by atoms with van der Waals surface area (Å²) in [6.45, 7) is 2.37. The Kier molecular flexibility index (Phi) is 4.71. The molecule has 1 fully saturated rings. The highest BCUT2D eigenvalue weighted by Crippen LogP contribution is 2.21. The maximum atomic E-state index is 12.7. The van der Waals surface area contributed by atoms with E-state index in [1.165, 1.54) is 12.0 Å². The number of piperidine rings is 1. The highest BCUT2D eigenvalue weighted by atomic mass is 16.1. The molecule has 2 heterocycles. The lowest BCUT2D eigenvalue weighted by molar-refractivity contribution is 0.0886. The average Bonchev–Trinajstić information content (AvgIpc) is 3.02. The minimum absolute atomic E-state index is 0.106. The van der Waals surface area contributed by atoms with Crippen molar-refractivity contribution in [1.29, 1.82) is 0 Å². The number of aromatic nitrogens is 2. The van der Waals surface area contributed by atoms with Crippen molar-refractivity contribution in [3.05, 3.63) is 70.1 Å². The zero-order valence-electron chi connectivity index (χ0n) is 14.7. The zero-order chi connectivity index (χ0) is 17.9. The number of benzene rings is 2. The van der Waals surface area contributed by atoms with E-state index in [-0.39, 0.29) is 11.5 Å². The Hall–Kier alpha value is -2.66. The van der Waals surface area contributed by atoms with Crippen LogP contribution in [0.25, 0.3) is 11.0 Å². The lowest BCUT2D eigenvalue weighted by Gasteiger charge is -2.32. The molecule has 5 nitrogen and oxygen atoms in total. The predicted octanol–water partition coefficient (Wildman–Crippen LogP) is 2.99. The molecule has 0 amide bonds. The largest absolute Gasteiger partial charge is 0.323 e. The number of fused-ring (bicyclic) bond motifs is 1. The second kappa shape index (κ2) is 7.30. The van der Waals surface area contributed by atoms with Gasteiger partial charge in [-0.25, -0.2) is 4.79 Å². The van der Waals surface area contributed by atoms with E-state index in [1.54, 1.807) is 18.2 Å². The molecule has 1 saturated heterocycles. The van der Waals surface area contributed by atoms with Crippen molar-refractivity contribution in [2.24, 2.45) is 5.92 Å². The molecular formula is C21H23N3O2. The molecule has 2 N–H and O–H groups in total. The first-order valence-corrected chi connectivity index (χ1v) is 9.19. The lowest BCUT2D eigenvalue weighted by Crippen LogP contribution is -2.39. The van der Waals surface area contributed by atoms with Gasteiger partial charge in [-0.1, -0.05) is 30.3 Å². The Balaban J connectivity index is 1.40. The van der Waals surface area contributed by atoms with Crippen molar-refractivity contribution >= 4 is 16.8 Å². The van der Waals surface area contributed by atoms with Crippen LogP contribution in [0.5, 0.6) is 0 Å². The second-order valence-corrected chi connectivity index (χ2v) is 7.20. The molecule has 1 atom stereocenters. The number of likely N-dealkylation sites (tertiary alicyclic amines) is 1. The second-order valence-electron chi connectivity index (χ2n) is 7.20. The molecule has 3 aromatic rings. The molecule has 1 aliphatic rings. The lowest BCUT2D eigenvalue weighted by atomic mass is 9.91. The first kappa shape index (κ1) is 16.8. The van der Waals surface area contributed by atoms with Crippen LogP contribution in [-0.2, 0) is 6.42 Å². The number of carbonyl (C=O) groups is 1. The molecule has 1 aromatic heterocycles. The number of carbonyl (C=O) groups excluding carboxylic acids is 1. The topological polar surface area (TPSA) is 69.0 Å². The summed E-state index contributed by atoms with van der Waals surface area (Å²) in [4.78, 5) is 31.7. The van der Waals surface area contributed by atoms with Gasteiger partial charge in [-0.15, -0.1) is 0 Å². The van der Waals surface area contributed by atoms with Gasteiger partial charge in [-0.05, 0) is 55.5 Å². The number of H-pyrrole nitrogens is 2. The van der Waals surface area contributed by atoms with Gasteiger partial charge < -0.3 is 9.97 Å². The van der Waals surface area contributed by atoms with E-state index < -0.39 is 0 Å². The summed E-state index contributed by atoms with van der Waals surface area (Å²) in [5, 5.41) is 0. The third-order valence-electron chi connectivity index (χ3n) is 5.18. The molecular weight excluding hydrogens is 326 g/mol. The third-order valence-corrected chi connectivity index (χ3v) is 5.18. The monoisotopic (exact) mass is 349 g/mol. The molecule has 1 unspecified atom stereocenters. The summed E-state index contributed by atoms with van der Waals surface area (Å²) in [5.41, 5.74) is 3.18. The first-order chi connectivity index (χ1) is 12.7. The molecule has 134 valence electrons. The summed E-state index contributed by atoms with van der Waals surface area (Å²) in [5.74, 6) is 0.705. The summed E-state index contributed by atoms with van der Waals surface area (Å²) >= 11 is 0. The SMILES string of the molecule is O=C(CN1CCCC(Cc2ccccc2)C1)c1ccc2[nH]c(=O)[nH]c2c1. The molecule has 1 aliphatic heterocycles. The van der Waals surface area contributed by atoms with Crippen molar-refractivity contribution < 1.29 is 4.79 Å². The normalized spacial score (nSPS) is 18.2. The van der Waals surface area contributed by atoms with Gasteiger partial charge in [0.05, 0.1) is 17.6 Å². The predicted molar refractivity (Wildman–Crippen MR) is 103 cm³/mol. The van der Waals surface area contributed by atoms with E-state index >= 15 is 0 Å². The number of aromatic amines is 2. The number of hydrogen-bond donors (Lipinski definition) is 2. The maximum Gasteiger partial charge on any atom is 0.323 e. The number of rotatable bonds is 5. The average molecular weight is 349 g/mol. The molecule has 0 bridgehead atoms. The van der Waals surface area contributed by atoms with E-state index in [1.807, 2.05) is 6.07 Å². The van der Waals surface area contributed by atoms with Crippen LogP contribution in [0.15, 0.2) is 53.3 Å². The van der Waals surface area contributed by atoms with Crippen LogP contribution in [0.1, 0.15) is 28.8 Å². The van der Waals surface area contributed by atoms with Crippen LogP contribution in [0.2, 0.25) is 0 Å². The van der Waals surface area contributed by atoms with E-state index in [4.69, 9.17) is 0 Å². The van der Waals surface area contributed by atoms with Gasteiger partial charge in [0.1, 0.15) is 0 Å². The summed E-state index contributed by atoms with van der Waals surface area (Å²) in [7, 11) is 0. The fourth-order valence-corrected chi connectivity index (χ4v) is 3.91. The summed E-state index contributed by atoms with van der Waals surface area (Å²) in [6.07, 6.45) is 3.42. The molecule has 0 spiro atoms. The standard InChI is InChI=1S/C21H23N3O2/c25-20(17-8-9-18-19(12-17)23-21(26)22-18)14-24-10-4-7-16(13-24)11-15-5-2-1-3-6-15/h1-3,5-6,8-9,12,16H,4,7,10-11,13-14H2,(H2,22,23,26). The summed E-state index contributed by atoms with van der Waals surface area (Å²) in [6, 6.07) is 15.9. The summed E-state index contributed by atoms with van der Waals surface area (Å²) < 4.78 is 0. The molecule has 0 radical (unpaired) electrons. The van der Waals surface area contributed by atoms with Crippen LogP contribution < -0.4 is 5.69 Å². The van der Waals surface area contributed by atoms with Crippen molar-refractivity contribution in [3.8, 4) is 0 Å². The minimum atomic E-state index is -0.246. The van der Waals surface area contributed by atoms with Crippen molar-refractivity contribution in [1.82, 2.24) is 14.9 Å². The Morgan fingerprint density at radius 2 is 1.88 bits per heavy atom. The fraction of sp³-hybridized carbons (Fsp3) is 0.333. The van der Waals surface area contributed by atoms with Gasteiger partial charge >= 0.3 is 5.69 Å². The van der Waals surface area contributed by atoms with Gasteiger partial charge in [0.2, 0.25) is 0 Å². The zero-order valence-corrected chi connectivity index (χ0v) is 14.7. The van der Waals surface area contributed by atoms with Crippen molar-refractivity contribution in [2.45, 2.75) is 19.3 Å². The van der Waals surface area contributed by atoms with Crippen LogP contribution in [-0.4, -0.2) is 40.3 Å². The van der Waals surface area contributed by atoms with Crippen molar-refractivity contribution in [2.75, 3.05) is 19.6 Å². The van der Waals surface area contributed by atoms with Crippen molar-refractivity contribution in [3.63, 3.8) is 0 Å². The molecule has 4 rings (SSSR count). The smallest absolute Gasteiger partial charge is 0.306 e. The quantitative estimate of drug-likeness (QED) is 0.696. The fourth-order valence-electron chi connectivity index (χ4n) is 3.91. The van der Waals surface area contributed by atoms with Gasteiger partial charge in [0, 0.05) is 12.1 Å². The number of imidazole rings is 1. The maximum absolute atomic E-state index is 12.7. The van der Waals surface area contributed by atoms with E-state index in [0.717, 1.165) is 31.4 Å². The highest BCUT2D eigenvalue weighted by Gasteiger charge is 2.22. The Morgan fingerprint density at radius 1 is 1.08 bits per heavy atom. The molecule has 5 heteroatoms. The number of ketones is 1. The van der Waals surface area contributed by atoms with Crippen LogP contribution in [0, 0.1) is 5.92 Å². The first-order valence-electron chi connectivity index (χ1n) is 9.19. The van der Waals surface area contributed by atoms with Gasteiger partial charge in [0.15, 0.2) is 5.78 Å².